The number of anilines is 1. The molecule has 0 unspecified atom stereocenters. The Labute approximate surface area is 241 Å². The zero-order chi connectivity index (χ0) is 29.2. The van der Waals surface area contributed by atoms with Crippen LogP contribution in [-0.2, 0) is 10.2 Å². The van der Waals surface area contributed by atoms with Crippen molar-refractivity contribution in [3.63, 3.8) is 0 Å². The molecule has 1 fully saturated rings. The highest BCUT2D eigenvalue weighted by atomic mass is 16.6. The minimum Gasteiger partial charge on any atom is -0.358 e. The molecule has 1 spiro atoms. The second-order valence-electron chi connectivity index (χ2n) is 11.0. The molecule has 4 aromatic rings. The molecule has 7 rings (SSSR count). The summed E-state index contributed by atoms with van der Waals surface area (Å²) in [4.78, 5) is 56.7. The summed E-state index contributed by atoms with van der Waals surface area (Å²) in [6, 6.07) is 25.8. The molecule has 8 nitrogen and oxygen atoms in total. The predicted molar refractivity (Wildman–Crippen MR) is 157 cm³/mol. The van der Waals surface area contributed by atoms with E-state index in [1.165, 1.54) is 24.3 Å². The van der Waals surface area contributed by atoms with Gasteiger partial charge in [0.05, 0.1) is 16.9 Å². The maximum absolute atomic E-state index is 14.8. The van der Waals surface area contributed by atoms with E-state index in [0.29, 0.717) is 16.8 Å². The van der Waals surface area contributed by atoms with E-state index in [1.807, 2.05) is 72.5 Å². The van der Waals surface area contributed by atoms with Crippen LogP contribution in [-0.4, -0.2) is 33.3 Å². The van der Waals surface area contributed by atoms with Gasteiger partial charge in [-0.25, -0.2) is 0 Å². The van der Waals surface area contributed by atoms with Gasteiger partial charge in [-0.2, -0.15) is 0 Å². The van der Waals surface area contributed by atoms with Crippen LogP contribution < -0.4 is 5.32 Å². The van der Waals surface area contributed by atoms with Gasteiger partial charge >= 0.3 is 0 Å². The van der Waals surface area contributed by atoms with Crippen molar-refractivity contribution < 1.29 is 19.3 Å². The molecule has 0 saturated carbocycles. The Morgan fingerprint density at radius 3 is 2.40 bits per heavy atom. The van der Waals surface area contributed by atoms with E-state index in [2.05, 4.69) is 5.32 Å². The summed E-state index contributed by atoms with van der Waals surface area (Å²) in [5.41, 5.74) is 2.64. The zero-order valence-corrected chi connectivity index (χ0v) is 22.6. The highest BCUT2D eigenvalue weighted by Crippen LogP contribution is 2.62. The predicted octanol–water partition coefficient (Wildman–Crippen LogP) is 5.88. The first-order chi connectivity index (χ1) is 20.3. The highest BCUT2D eigenvalue weighted by molar-refractivity contribution is 6.16. The number of para-hydroxylation sites is 1. The summed E-state index contributed by atoms with van der Waals surface area (Å²) in [7, 11) is 0. The summed E-state index contributed by atoms with van der Waals surface area (Å²) < 4.78 is 0. The summed E-state index contributed by atoms with van der Waals surface area (Å²) in [6.07, 6.45) is 3.70. The zero-order valence-electron chi connectivity index (χ0n) is 22.6. The number of benzene rings is 4. The lowest BCUT2D eigenvalue weighted by atomic mass is 9.62. The average Bonchev–Trinajstić information content (AvgIpc) is 3.49. The number of fused-ring (bicyclic) bond motifs is 6. The van der Waals surface area contributed by atoms with E-state index in [9.17, 15) is 24.5 Å². The number of nitro groups is 1. The number of amides is 1. The van der Waals surface area contributed by atoms with Crippen LogP contribution >= 0.6 is 0 Å². The van der Waals surface area contributed by atoms with Gasteiger partial charge in [0, 0.05) is 35.1 Å². The van der Waals surface area contributed by atoms with Crippen LogP contribution in [0.25, 0.3) is 6.08 Å². The van der Waals surface area contributed by atoms with Crippen molar-refractivity contribution in [2.75, 3.05) is 5.32 Å². The second-order valence-corrected chi connectivity index (χ2v) is 11.0. The molecule has 0 aromatic heterocycles. The number of nitrogens with one attached hydrogen (secondary N) is 1. The van der Waals surface area contributed by atoms with E-state index in [1.54, 1.807) is 24.4 Å². The van der Waals surface area contributed by atoms with Gasteiger partial charge in [0.25, 0.3) is 5.69 Å². The second kappa shape index (κ2) is 9.34. The number of hydrogen-bond donors (Lipinski definition) is 1. The van der Waals surface area contributed by atoms with Crippen LogP contribution in [0.2, 0.25) is 0 Å². The standard InChI is InChI=1S/C34H25N3O5/c1-20-13-15-22(16-14-20)31(39)29-28(30(38)23-8-6-9-24(19-23)37(41)42)34(26-11-4-5-12-27(26)35-33(34)40)32-25-10-3-2-7-21(25)17-18-36(29)32/h2-19,28-29,32H,1H3,(H,35,40)/t28-,29-,32-,34+/m1/s1. The Morgan fingerprint density at radius 1 is 0.881 bits per heavy atom. The van der Waals surface area contributed by atoms with Gasteiger partial charge in [-0.1, -0.05) is 84.4 Å². The summed E-state index contributed by atoms with van der Waals surface area (Å²) >= 11 is 0. The lowest BCUT2D eigenvalue weighted by Crippen LogP contribution is -2.49. The number of rotatable bonds is 5. The molecular formula is C34H25N3O5. The molecule has 206 valence electrons. The molecule has 1 N–H and O–H groups in total. The van der Waals surface area contributed by atoms with Gasteiger partial charge in [0.1, 0.15) is 11.5 Å². The molecule has 3 aliphatic rings. The number of ketones is 2. The topological polar surface area (TPSA) is 110 Å². The number of carbonyl (C=O) groups is 3. The van der Waals surface area contributed by atoms with Crippen LogP contribution in [0.1, 0.15) is 49.0 Å². The molecule has 0 aliphatic carbocycles. The molecule has 4 aromatic carbocycles. The van der Waals surface area contributed by atoms with E-state index in [4.69, 9.17) is 0 Å². The van der Waals surface area contributed by atoms with Crippen LogP contribution in [0.5, 0.6) is 0 Å². The minimum absolute atomic E-state index is 0.0737. The maximum Gasteiger partial charge on any atom is 0.270 e. The first-order valence-corrected chi connectivity index (χ1v) is 13.7. The van der Waals surface area contributed by atoms with Gasteiger partial charge in [0.15, 0.2) is 11.6 Å². The van der Waals surface area contributed by atoms with Crippen LogP contribution in [0.4, 0.5) is 11.4 Å². The summed E-state index contributed by atoms with van der Waals surface area (Å²) in [5, 5.41) is 14.7. The van der Waals surface area contributed by atoms with Crippen molar-refractivity contribution in [1.29, 1.82) is 0 Å². The van der Waals surface area contributed by atoms with Gasteiger partial charge in [-0.15, -0.1) is 0 Å². The molecular weight excluding hydrogens is 530 g/mol. The number of Topliss-reactive ketones (excluding diaryl/α,β-unsaturated/α-hetero) is 2. The Kier molecular flexibility index (Phi) is 5.69. The molecule has 1 saturated heterocycles. The SMILES string of the molecule is Cc1ccc(C(=O)[C@H]2[C@H](C(=O)c3cccc([N+](=O)[O-])c3)[C@]3(C(=O)Nc4ccccc43)[C@H]3c4ccccc4C=CN23)cc1. The fraction of sp³-hybridized carbons (Fsp3) is 0.147. The smallest absolute Gasteiger partial charge is 0.270 e. The van der Waals surface area contributed by atoms with Crippen molar-refractivity contribution in [3.8, 4) is 0 Å². The third kappa shape index (κ3) is 3.51. The minimum atomic E-state index is -1.50. The molecule has 4 atom stereocenters. The largest absolute Gasteiger partial charge is 0.358 e. The van der Waals surface area contributed by atoms with Crippen LogP contribution in [0.3, 0.4) is 0 Å². The van der Waals surface area contributed by atoms with Gasteiger partial charge in [-0.3, -0.25) is 24.5 Å². The van der Waals surface area contributed by atoms with E-state index in [-0.39, 0.29) is 22.9 Å². The maximum atomic E-state index is 14.8. The monoisotopic (exact) mass is 555 g/mol. The average molecular weight is 556 g/mol. The van der Waals surface area contributed by atoms with Crippen molar-refractivity contribution >= 4 is 34.9 Å². The highest BCUT2D eigenvalue weighted by Gasteiger charge is 2.70. The van der Waals surface area contributed by atoms with E-state index in [0.717, 1.165) is 16.7 Å². The Bertz CT molecular complexity index is 1850. The quantitative estimate of drug-likeness (QED) is 0.187. The van der Waals surface area contributed by atoms with Crippen molar-refractivity contribution in [2.45, 2.75) is 24.4 Å². The fourth-order valence-corrected chi connectivity index (χ4v) is 7.01. The van der Waals surface area contributed by atoms with Gasteiger partial charge < -0.3 is 10.2 Å². The Hall–Kier alpha value is -5.37. The summed E-state index contributed by atoms with van der Waals surface area (Å²) in [6.45, 7) is 1.92. The first kappa shape index (κ1) is 25.6. The third-order valence-electron chi connectivity index (χ3n) is 8.80. The number of non-ortho nitro benzene ring substituents is 1. The van der Waals surface area contributed by atoms with Gasteiger partial charge in [-0.05, 0) is 35.8 Å². The normalized spacial score (nSPS) is 23.2. The molecule has 3 aliphatic heterocycles. The summed E-state index contributed by atoms with van der Waals surface area (Å²) in [5.74, 6) is -2.39. The molecule has 8 heteroatoms. The van der Waals surface area contributed by atoms with Crippen molar-refractivity contribution in [2.24, 2.45) is 5.92 Å². The third-order valence-corrected chi connectivity index (χ3v) is 8.80. The van der Waals surface area contributed by atoms with Crippen LogP contribution in [0.15, 0.2) is 103 Å². The lowest BCUT2D eigenvalue weighted by Gasteiger charge is -2.38. The Balaban J connectivity index is 1.53. The molecule has 3 heterocycles. The van der Waals surface area contributed by atoms with Crippen LogP contribution in [0, 0.1) is 23.0 Å². The molecule has 42 heavy (non-hydrogen) atoms. The van der Waals surface area contributed by atoms with E-state index >= 15 is 0 Å². The van der Waals surface area contributed by atoms with Gasteiger partial charge in [0.2, 0.25) is 5.91 Å². The van der Waals surface area contributed by atoms with E-state index < -0.39 is 34.1 Å². The number of aryl methyl sites for hydroxylation is 1. The van der Waals surface area contributed by atoms with Crippen molar-refractivity contribution in [1.82, 2.24) is 4.90 Å². The number of nitrogens with zero attached hydrogens (tertiary/aromatic N) is 2. The number of hydrogen-bond acceptors (Lipinski definition) is 6. The number of carbonyl (C=O) groups excluding carboxylic acids is 3. The molecule has 1 amide bonds. The Morgan fingerprint density at radius 2 is 1.62 bits per heavy atom. The molecule has 0 bridgehead atoms. The number of nitro benzene ring substituents is 1. The first-order valence-electron chi connectivity index (χ1n) is 13.7. The fourth-order valence-electron chi connectivity index (χ4n) is 7.01. The molecule has 0 radical (unpaired) electrons. The lowest BCUT2D eigenvalue weighted by molar-refractivity contribution is -0.384. The van der Waals surface area contributed by atoms with Crippen molar-refractivity contribution in [3.05, 3.63) is 147 Å².